The summed E-state index contributed by atoms with van der Waals surface area (Å²) in [6.45, 7) is 9.30. The lowest BCUT2D eigenvalue weighted by molar-refractivity contribution is -0.141. The molecule has 7 heteroatoms. The number of ether oxygens (including phenoxy) is 1. The van der Waals surface area contributed by atoms with Gasteiger partial charge in [0.2, 0.25) is 11.8 Å². The van der Waals surface area contributed by atoms with Gasteiger partial charge in [-0.25, -0.2) is 0 Å². The second-order valence-corrected chi connectivity index (χ2v) is 9.91. The summed E-state index contributed by atoms with van der Waals surface area (Å²) in [6.07, 6.45) is 6.16. The first-order valence-corrected chi connectivity index (χ1v) is 13.1. The molecule has 0 unspecified atom stereocenters. The molecule has 0 bridgehead atoms. The van der Waals surface area contributed by atoms with Gasteiger partial charge in [-0.15, -0.1) is 0 Å². The number of unbranched alkanes of at least 4 members (excludes halogenated alkanes) is 2. The number of carbonyl (C=O) groups is 2. The molecule has 1 heterocycles. The van der Waals surface area contributed by atoms with Crippen molar-refractivity contribution in [1.82, 2.24) is 14.4 Å². The Morgan fingerprint density at radius 2 is 1.80 bits per heavy atom. The van der Waals surface area contributed by atoms with E-state index in [2.05, 4.69) is 25.3 Å². The van der Waals surface area contributed by atoms with Crippen LogP contribution in [-0.4, -0.2) is 59.5 Å². The average Bonchev–Trinajstić information content (AvgIpc) is 3.25. The van der Waals surface area contributed by atoms with Crippen molar-refractivity contribution in [2.24, 2.45) is 5.92 Å². The molecule has 0 aliphatic heterocycles. The second kappa shape index (κ2) is 15.6. The van der Waals surface area contributed by atoms with Gasteiger partial charge in [-0.2, -0.15) is 0 Å². The Kier molecular flexibility index (Phi) is 12.9. The Hall–Kier alpha value is -2.31. The second-order valence-electron chi connectivity index (χ2n) is 9.51. The van der Waals surface area contributed by atoms with E-state index in [0.29, 0.717) is 51.5 Å². The highest BCUT2D eigenvalue weighted by Gasteiger charge is 2.22. The van der Waals surface area contributed by atoms with Gasteiger partial charge in [0.05, 0.1) is 13.1 Å². The highest BCUT2D eigenvalue weighted by Crippen LogP contribution is 2.19. The van der Waals surface area contributed by atoms with Crippen LogP contribution < -0.4 is 0 Å². The number of halogens is 1. The number of hydrogen-bond acceptors (Lipinski definition) is 3. The molecule has 6 nitrogen and oxygen atoms in total. The molecule has 0 aliphatic carbocycles. The molecule has 2 amide bonds. The van der Waals surface area contributed by atoms with Crippen molar-refractivity contribution in [3.05, 3.63) is 58.9 Å². The van der Waals surface area contributed by atoms with E-state index in [1.165, 1.54) is 0 Å². The third-order valence-electron chi connectivity index (χ3n) is 5.96. The molecule has 0 spiro atoms. The summed E-state index contributed by atoms with van der Waals surface area (Å²) >= 11 is 6.38. The fourth-order valence-corrected chi connectivity index (χ4v) is 4.28. The SMILES string of the molecule is CCCCCC(=O)N(CCCOC)CC(=O)N(Cc1cccn1Cc1ccccc1Cl)CC(C)C. The molecule has 194 valence electrons. The van der Waals surface area contributed by atoms with Crippen LogP contribution >= 0.6 is 11.6 Å². The lowest BCUT2D eigenvalue weighted by atomic mass is 10.1. The fourth-order valence-electron chi connectivity index (χ4n) is 4.09. The highest BCUT2D eigenvalue weighted by molar-refractivity contribution is 6.31. The summed E-state index contributed by atoms with van der Waals surface area (Å²) in [4.78, 5) is 30.0. The minimum Gasteiger partial charge on any atom is -0.385 e. The smallest absolute Gasteiger partial charge is 0.242 e. The van der Waals surface area contributed by atoms with E-state index in [0.717, 1.165) is 35.5 Å². The quantitative estimate of drug-likeness (QED) is 0.279. The Balaban J connectivity index is 2.13. The fraction of sp³-hybridized carbons (Fsp3) is 0.571. The number of carbonyl (C=O) groups excluding carboxylic acids is 2. The average molecular weight is 504 g/mol. The summed E-state index contributed by atoms with van der Waals surface area (Å²) in [5, 5.41) is 0.732. The number of aromatic nitrogens is 1. The van der Waals surface area contributed by atoms with Crippen molar-refractivity contribution in [1.29, 1.82) is 0 Å². The Bertz CT molecular complexity index is 912. The zero-order chi connectivity index (χ0) is 25.6. The maximum atomic E-state index is 13.5. The van der Waals surface area contributed by atoms with E-state index in [1.807, 2.05) is 47.5 Å². The molecule has 0 aliphatic rings. The van der Waals surface area contributed by atoms with Crippen molar-refractivity contribution in [2.75, 3.05) is 33.4 Å². The molecule has 0 radical (unpaired) electrons. The van der Waals surface area contributed by atoms with Gasteiger partial charge >= 0.3 is 0 Å². The predicted molar refractivity (Wildman–Crippen MR) is 142 cm³/mol. The molecular formula is C28H42ClN3O3. The predicted octanol–water partition coefficient (Wildman–Crippen LogP) is 5.62. The lowest BCUT2D eigenvalue weighted by Gasteiger charge is -2.29. The molecule has 0 atom stereocenters. The van der Waals surface area contributed by atoms with E-state index < -0.39 is 0 Å². The highest BCUT2D eigenvalue weighted by atomic mass is 35.5. The summed E-state index contributed by atoms with van der Waals surface area (Å²) in [5.74, 6) is 0.341. The standard InChI is InChI=1S/C28H42ClN3O3/c1-5-6-7-15-27(33)31(17-11-18-35-4)22-28(34)32(19-23(2)3)21-25-13-10-16-30(25)20-24-12-8-9-14-26(24)29/h8-10,12-14,16,23H,5-7,11,15,17-22H2,1-4H3. The van der Waals surface area contributed by atoms with E-state index in [-0.39, 0.29) is 18.4 Å². The first kappa shape index (κ1) is 28.9. The van der Waals surface area contributed by atoms with Gasteiger partial charge in [-0.3, -0.25) is 9.59 Å². The van der Waals surface area contributed by atoms with E-state index in [9.17, 15) is 9.59 Å². The molecule has 1 aromatic heterocycles. The zero-order valence-corrected chi connectivity index (χ0v) is 22.6. The van der Waals surface area contributed by atoms with Gasteiger partial charge in [0.1, 0.15) is 0 Å². The summed E-state index contributed by atoms with van der Waals surface area (Å²) in [6, 6.07) is 11.9. The Morgan fingerprint density at radius 1 is 1.03 bits per heavy atom. The Labute approximate surface area is 216 Å². The van der Waals surface area contributed by atoms with Crippen LogP contribution in [0, 0.1) is 5.92 Å². The van der Waals surface area contributed by atoms with Crippen molar-refractivity contribution in [3.63, 3.8) is 0 Å². The van der Waals surface area contributed by atoms with Crippen LogP contribution in [0.5, 0.6) is 0 Å². The zero-order valence-electron chi connectivity index (χ0n) is 21.8. The maximum Gasteiger partial charge on any atom is 0.242 e. The molecule has 0 N–H and O–H groups in total. The van der Waals surface area contributed by atoms with E-state index >= 15 is 0 Å². The van der Waals surface area contributed by atoms with Gasteiger partial charge in [-0.05, 0) is 42.5 Å². The number of amides is 2. The van der Waals surface area contributed by atoms with Gasteiger partial charge in [0.15, 0.2) is 0 Å². The van der Waals surface area contributed by atoms with Crippen LogP contribution in [0.25, 0.3) is 0 Å². The normalized spacial score (nSPS) is 11.1. The first-order valence-electron chi connectivity index (χ1n) is 12.8. The van der Waals surface area contributed by atoms with Crippen molar-refractivity contribution in [2.45, 2.75) is 66.0 Å². The van der Waals surface area contributed by atoms with Crippen LogP contribution in [-0.2, 0) is 27.4 Å². The number of methoxy groups -OCH3 is 1. The van der Waals surface area contributed by atoms with Crippen LogP contribution in [0.1, 0.15) is 64.1 Å². The van der Waals surface area contributed by atoms with Gasteiger partial charge in [0, 0.05) is 56.7 Å². The summed E-state index contributed by atoms with van der Waals surface area (Å²) in [5.41, 5.74) is 2.08. The molecule has 0 saturated heterocycles. The van der Waals surface area contributed by atoms with Crippen LogP contribution in [0.3, 0.4) is 0 Å². The minimum atomic E-state index is -0.0227. The van der Waals surface area contributed by atoms with E-state index in [1.54, 1.807) is 12.0 Å². The monoisotopic (exact) mass is 503 g/mol. The molecule has 2 aromatic rings. The first-order chi connectivity index (χ1) is 16.8. The van der Waals surface area contributed by atoms with Crippen LogP contribution in [0.2, 0.25) is 5.02 Å². The van der Waals surface area contributed by atoms with Gasteiger partial charge < -0.3 is 19.1 Å². The largest absolute Gasteiger partial charge is 0.385 e. The molecule has 0 saturated carbocycles. The molecular weight excluding hydrogens is 462 g/mol. The van der Waals surface area contributed by atoms with E-state index in [4.69, 9.17) is 16.3 Å². The third-order valence-corrected chi connectivity index (χ3v) is 6.33. The molecule has 1 aromatic carbocycles. The number of benzene rings is 1. The number of rotatable bonds is 16. The summed E-state index contributed by atoms with van der Waals surface area (Å²) in [7, 11) is 1.65. The topological polar surface area (TPSA) is 54.8 Å². The lowest BCUT2D eigenvalue weighted by Crippen LogP contribution is -2.44. The molecule has 2 rings (SSSR count). The van der Waals surface area contributed by atoms with Gasteiger partial charge in [-0.1, -0.05) is 63.4 Å². The van der Waals surface area contributed by atoms with Crippen molar-refractivity contribution in [3.8, 4) is 0 Å². The summed E-state index contributed by atoms with van der Waals surface area (Å²) < 4.78 is 7.30. The molecule has 35 heavy (non-hydrogen) atoms. The van der Waals surface area contributed by atoms with Crippen molar-refractivity contribution >= 4 is 23.4 Å². The van der Waals surface area contributed by atoms with Crippen molar-refractivity contribution < 1.29 is 14.3 Å². The third kappa shape index (κ3) is 10.1. The number of hydrogen-bond donors (Lipinski definition) is 0. The minimum absolute atomic E-state index is 0.0227. The van der Waals surface area contributed by atoms with Gasteiger partial charge in [0.25, 0.3) is 0 Å². The maximum absolute atomic E-state index is 13.5. The number of nitrogens with zero attached hydrogens (tertiary/aromatic N) is 3. The Morgan fingerprint density at radius 3 is 2.49 bits per heavy atom. The molecule has 0 fully saturated rings. The van der Waals surface area contributed by atoms with Crippen LogP contribution in [0.15, 0.2) is 42.6 Å². The van der Waals surface area contributed by atoms with Crippen LogP contribution in [0.4, 0.5) is 0 Å².